The number of aromatic nitrogens is 2. The summed E-state index contributed by atoms with van der Waals surface area (Å²) in [7, 11) is 1.85. The van der Waals surface area contributed by atoms with Crippen LogP contribution in [0.15, 0.2) is 12.4 Å². The highest BCUT2D eigenvalue weighted by Crippen LogP contribution is 2.25. The first-order valence-corrected chi connectivity index (χ1v) is 5.45. The minimum Gasteiger partial charge on any atom is -0.332 e. The van der Waals surface area contributed by atoms with Gasteiger partial charge < -0.3 is 10.3 Å². The fraction of sp³-hybridized carbons (Fsp3) is 0.636. The summed E-state index contributed by atoms with van der Waals surface area (Å²) in [6, 6.07) is 0.188. The Morgan fingerprint density at radius 1 is 1.60 bits per heavy atom. The Morgan fingerprint density at radius 3 is 3.00 bits per heavy atom. The quantitative estimate of drug-likeness (QED) is 0.739. The fourth-order valence-corrected chi connectivity index (χ4v) is 2.25. The number of carbonyl (C=O) groups is 1. The smallest absolute Gasteiger partial charge is 0.201 e. The molecule has 0 bridgehead atoms. The van der Waals surface area contributed by atoms with E-state index in [1.54, 1.807) is 17.0 Å². The number of ketones is 1. The molecule has 1 saturated carbocycles. The van der Waals surface area contributed by atoms with Gasteiger partial charge in [0.15, 0.2) is 5.82 Å². The summed E-state index contributed by atoms with van der Waals surface area (Å²) >= 11 is 0. The second kappa shape index (κ2) is 4.14. The normalized spacial score (nSPS) is 26.5. The zero-order valence-corrected chi connectivity index (χ0v) is 9.02. The lowest BCUT2D eigenvalue weighted by Crippen LogP contribution is -2.32. The van der Waals surface area contributed by atoms with Gasteiger partial charge in [0.2, 0.25) is 5.78 Å². The van der Waals surface area contributed by atoms with Crippen molar-refractivity contribution in [1.82, 2.24) is 9.55 Å². The topological polar surface area (TPSA) is 60.9 Å². The number of nitrogens with zero attached hydrogens (tertiary/aromatic N) is 2. The van der Waals surface area contributed by atoms with Crippen LogP contribution >= 0.6 is 0 Å². The maximum absolute atomic E-state index is 12.1. The molecule has 2 rings (SSSR count). The van der Waals surface area contributed by atoms with Crippen molar-refractivity contribution in [2.75, 3.05) is 0 Å². The van der Waals surface area contributed by atoms with Crippen LogP contribution in [0.5, 0.6) is 0 Å². The summed E-state index contributed by atoms with van der Waals surface area (Å²) in [5, 5.41) is 0. The van der Waals surface area contributed by atoms with E-state index in [0.717, 1.165) is 25.7 Å². The third-order valence-corrected chi connectivity index (χ3v) is 3.13. The number of imidazole rings is 1. The van der Waals surface area contributed by atoms with Crippen LogP contribution in [0.2, 0.25) is 0 Å². The average molecular weight is 207 g/mol. The number of nitrogens with two attached hydrogens (primary N) is 1. The second-order valence-electron chi connectivity index (χ2n) is 4.35. The molecule has 4 nitrogen and oxygen atoms in total. The zero-order chi connectivity index (χ0) is 10.8. The lowest BCUT2D eigenvalue weighted by molar-refractivity contribution is 0.0867. The van der Waals surface area contributed by atoms with Gasteiger partial charge in [0.05, 0.1) is 0 Å². The lowest BCUT2D eigenvalue weighted by Gasteiger charge is -2.25. The lowest BCUT2D eigenvalue weighted by atomic mass is 9.83. The second-order valence-corrected chi connectivity index (χ2v) is 4.35. The van der Waals surface area contributed by atoms with E-state index < -0.39 is 0 Å². The first-order valence-electron chi connectivity index (χ1n) is 5.45. The molecule has 1 aromatic rings. The Kier molecular flexibility index (Phi) is 2.86. The highest BCUT2D eigenvalue weighted by Gasteiger charge is 2.27. The van der Waals surface area contributed by atoms with E-state index in [9.17, 15) is 4.79 Å². The van der Waals surface area contributed by atoms with Gasteiger partial charge in [-0.25, -0.2) is 4.98 Å². The molecule has 0 spiro atoms. The molecule has 0 radical (unpaired) electrons. The molecule has 2 atom stereocenters. The number of hydrogen-bond donors (Lipinski definition) is 1. The van der Waals surface area contributed by atoms with Gasteiger partial charge in [-0.3, -0.25) is 4.79 Å². The van der Waals surface area contributed by atoms with Gasteiger partial charge >= 0.3 is 0 Å². The molecule has 1 aliphatic carbocycles. The van der Waals surface area contributed by atoms with Crippen LogP contribution < -0.4 is 5.73 Å². The molecule has 2 N–H and O–H groups in total. The standard InChI is InChI=1S/C11H17N3O/c1-14-6-5-13-11(14)10(15)8-3-2-4-9(12)7-8/h5-6,8-9H,2-4,7,12H2,1H3. The molecule has 15 heavy (non-hydrogen) atoms. The molecule has 2 unspecified atom stereocenters. The van der Waals surface area contributed by atoms with E-state index in [2.05, 4.69) is 4.98 Å². The van der Waals surface area contributed by atoms with Crippen molar-refractivity contribution in [2.24, 2.45) is 18.7 Å². The highest BCUT2D eigenvalue weighted by atomic mass is 16.1. The Bertz CT molecular complexity index is 358. The number of carbonyl (C=O) groups excluding carboxylic acids is 1. The Labute approximate surface area is 89.5 Å². The summed E-state index contributed by atoms with van der Waals surface area (Å²) in [4.78, 5) is 16.2. The first-order chi connectivity index (χ1) is 7.18. The van der Waals surface area contributed by atoms with E-state index in [4.69, 9.17) is 5.73 Å². The molecule has 82 valence electrons. The molecule has 1 heterocycles. The molecule has 1 aromatic heterocycles. The monoisotopic (exact) mass is 207 g/mol. The number of hydrogen-bond acceptors (Lipinski definition) is 3. The maximum atomic E-state index is 12.1. The third-order valence-electron chi connectivity index (χ3n) is 3.13. The van der Waals surface area contributed by atoms with Gasteiger partial charge in [-0.15, -0.1) is 0 Å². The van der Waals surface area contributed by atoms with Crippen LogP contribution in [-0.2, 0) is 7.05 Å². The molecule has 1 aliphatic rings. The summed E-state index contributed by atoms with van der Waals surface area (Å²) in [6.45, 7) is 0. The summed E-state index contributed by atoms with van der Waals surface area (Å²) in [6.07, 6.45) is 7.34. The highest BCUT2D eigenvalue weighted by molar-refractivity contribution is 5.94. The van der Waals surface area contributed by atoms with Crippen LogP contribution in [0.25, 0.3) is 0 Å². The predicted octanol–water partition coefficient (Wildman–Crippen LogP) is 1.12. The van der Waals surface area contributed by atoms with E-state index >= 15 is 0 Å². The van der Waals surface area contributed by atoms with Crippen LogP contribution in [0.1, 0.15) is 36.3 Å². The SMILES string of the molecule is Cn1ccnc1C(=O)C1CCCC(N)C1. The zero-order valence-electron chi connectivity index (χ0n) is 9.02. The third kappa shape index (κ3) is 2.09. The molecule has 1 fully saturated rings. The maximum Gasteiger partial charge on any atom is 0.201 e. The van der Waals surface area contributed by atoms with Gasteiger partial charge in [0.1, 0.15) is 0 Å². The Hall–Kier alpha value is -1.16. The van der Waals surface area contributed by atoms with E-state index in [-0.39, 0.29) is 17.7 Å². The van der Waals surface area contributed by atoms with Crippen LogP contribution in [0.3, 0.4) is 0 Å². The van der Waals surface area contributed by atoms with Gasteiger partial charge in [0.25, 0.3) is 0 Å². The molecule has 4 heteroatoms. The van der Waals surface area contributed by atoms with E-state index in [1.807, 2.05) is 7.05 Å². The molecule has 0 aliphatic heterocycles. The largest absolute Gasteiger partial charge is 0.332 e. The minimum absolute atomic E-state index is 0.0786. The molecule has 0 aromatic carbocycles. The van der Waals surface area contributed by atoms with Gasteiger partial charge in [-0.2, -0.15) is 0 Å². The van der Waals surface area contributed by atoms with Crippen molar-refractivity contribution in [3.05, 3.63) is 18.2 Å². The van der Waals surface area contributed by atoms with Crippen molar-refractivity contribution in [1.29, 1.82) is 0 Å². The number of aryl methyl sites for hydroxylation is 1. The van der Waals surface area contributed by atoms with Gasteiger partial charge in [-0.05, 0) is 19.3 Å². The first kappa shape index (κ1) is 10.4. The molecular formula is C11H17N3O. The van der Waals surface area contributed by atoms with E-state index in [1.165, 1.54) is 0 Å². The van der Waals surface area contributed by atoms with Gasteiger partial charge in [0, 0.05) is 31.4 Å². The minimum atomic E-state index is 0.0786. The van der Waals surface area contributed by atoms with Crippen LogP contribution in [0.4, 0.5) is 0 Å². The molecule has 0 saturated heterocycles. The van der Waals surface area contributed by atoms with Crippen molar-refractivity contribution in [3.8, 4) is 0 Å². The summed E-state index contributed by atoms with van der Waals surface area (Å²) in [5.41, 5.74) is 5.87. The van der Waals surface area contributed by atoms with Crippen molar-refractivity contribution in [2.45, 2.75) is 31.7 Å². The molecule has 0 amide bonds. The average Bonchev–Trinajstić information content (AvgIpc) is 2.63. The van der Waals surface area contributed by atoms with E-state index in [0.29, 0.717) is 5.82 Å². The van der Waals surface area contributed by atoms with Crippen molar-refractivity contribution in [3.63, 3.8) is 0 Å². The van der Waals surface area contributed by atoms with Gasteiger partial charge in [-0.1, -0.05) is 6.42 Å². The predicted molar refractivity (Wildman–Crippen MR) is 57.5 cm³/mol. The Balaban J connectivity index is 2.11. The summed E-state index contributed by atoms with van der Waals surface area (Å²) < 4.78 is 1.78. The van der Waals surface area contributed by atoms with Crippen LogP contribution in [0, 0.1) is 5.92 Å². The molecular weight excluding hydrogens is 190 g/mol. The summed E-state index contributed by atoms with van der Waals surface area (Å²) in [5.74, 6) is 0.793. The van der Waals surface area contributed by atoms with Crippen molar-refractivity contribution >= 4 is 5.78 Å². The van der Waals surface area contributed by atoms with Crippen molar-refractivity contribution < 1.29 is 4.79 Å². The van der Waals surface area contributed by atoms with Crippen LogP contribution in [-0.4, -0.2) is 21.4 Å². The Morgan fingerprint density at radius 2 is 2.40 bits per heavy atom. The number of Topliss-reactive ketones (excluding diaryl/α,β-unsaturated/α-hetero) is 1. The number of rotatable bonds is 2. The fourth-order valence-electron chi connectivity index (χ4n) is 2.25.